The standard InChI is InChI=1S/C14H19N3O/c1-2-3-10-15-11-9-13-16-17-14(18-13)12-7-5-4-6-8-12/h4-8,15H,2-3,9-11H2,1H3. The second kappa shape index (κ2) is 6.91. The van der Waals surface area contributed by atoms with Gasteiger partial charge in [-0.05, 0) is 25.1 Å². The first-order valence-corrected chi connectivity index (χ1v) is 6.48. The fourth-order valence-corrected chi connectivity index (χ4v) is 1.67. The van der Waals surface area contributed by atoms with Gasteiger partial charge in [0.1, 0.15) is 0 Å². The molecule has 0 bridgehead atoms. The molecule has 18 heavy (non-hydrogen) atoms. The van der Waals surface area contributed by atoms with E-state index in [9.17, 15) is 0 Å². The predicted octanol–water partition coefficient (Wildman–Crippen LogP) is 2.67. The molecule has 0 saturated carbocycles. The molecule has 1 heterocycles. The second-order valence-electron chi connectivity index (χ2n) is 4.22. The van der Waals surface area contributed by atoms with Crippen LogP contribution in [0.15, 0.2) is 34.7 Å². The summed E-state index contributed by atoms with van der Waals surface area (Å²) in [4.78, 5) is 0. The van der Waals surface area contributed by atoms with Gasteiger partial charge < -0.3 is 9.73 Å². The number of unbranched alkanes of at least 4 members (excludes halogenated alkanes) is 1. The molecule has 0 aliphatic rings. The Balaban J connectivity index is 1.83. The molecule has 4 nitrogen and oxygen atoms in total. The van der Waals surface area contributed by atoms with Crippen LogP contribution in [0.25, 0.3) is 11.5 Å². The van der Waals surface area contributed by atoms with Gasteiger partial charge in [-0.1, -0.05) is 31.5 Å². The van der Waals surface area contributed by atoms with Crippen LogP contribution in [0.1, 0.15) is 25.7 Å². The Labute approximate surface area is 107 Å². The molecule has 0 radical (unpaired) electrons. The van der Waals surface area contributed by atoms with Crippen molar-refractivity contribution >= 4 is 0 Å². The van der Waals surface area contributed by atoms with Crippen molar-refractivity contribution in [1.82, 2.24) is 15.5 Å². The van der Waals surface area contributed by atoms with E-state index in [1.54, 1.807) is 0 Å². The normalized spacial score (nSPS) is 10.7. The summed E-state index contributed by atoms with van der Waals surface area (Å²) in [6.07, 6.45) is 3.20. The van der Waals surface area contributed by atoms with Gasteiger partial charge in [0.05, 0.1) is 0 Å². The van der Waals surface area contributed by atoms with Crippen LogP contribution in [0.3, 0.4) is 0 Å². The average molecular weight is 245 g/mol. The van der Waals surface area contributed by atoms with Crippen LogP contribution in [-0.4, -0.2) is 23.3 Å². The third-order valence-electron chi connectivity index (χ3n) is 2.71. The lowest BCUT2D eigenvalue weighted by atomic mass is 10.2. The molecule has 1 aromatic heterocycles. The summed E-state index contributed by atoms with van der Waals surface area (Å²) < 4.78 is 5.61. The minimum Gasteiger partial charge on any atom is -0.421 e. The molecule has 0 atom stereocenters. The summed E-state index contributed by atoms with van der Waals surface area (Å²) in [6, 6.07) is 9.84. The summed E-state index contributed by atoms with van der Waals surface area (Å²) in [5, 5.41) is 11.5. The van der Waals surface area contributed by atoms with E-state index in [1.165, 1.54) is 12.8 Å². The number of nitrogens with one attached hydrogen (secondary N) is 1. The molecule has 0 amide bonds. The first-order valence-electron chi connectivity index (χ1n) is 6.48. The van der Waals surface area contributed by atoms with Crippen molar-refractivity contribution in [2.24, 2.45) is 0 Å². The predicted molar refractivity (Wildman–Crippen MR) is 71.2 cm³/mol. The average Bonchev–Trinajstić information content (AvgIpc) is 2.88. The fourth-order valence-electron chi connectivity index (χ4n) is 1.67. The van der Waals surface area contributed by atoms with Crippen molar-refractivity contribution in [2.75, 3.05) is 13.1 Å². The SMILES string of the molecule is CCCCNCCc1nnc(-c2ccccc2)o1. The highest BCUT2D eigenvalue weighted by Gasteiger charge is 2.07. The quantitative estimate of drug-likeness (QED) is 0.762. The van der Waals surface area contributed by atoms with Gasteiger partial charge in [0, 0.05) is 18.5 Å². The third-order valence-corrected chi connectivity index (χ3v) is 2.71. The van der Waals surface area contributed by atoms with Gasteiger partial charge in [-0.3, -0.25) is 0 Å². The van der Waals surface area contributed by atoms with E-state index in [2.05, 4.69) is 22.4 Å². The molecule has 0 aliphatic carbocycles. The topological polar surface area (TPSA) is 51.0 Å². The van der Waals surface area contributed by atoms with Crippen LogP contribution >= 0.6 is 0 Å². The van der Waals surface area contributed by atoms with Crippen molar-refractivity contribution in [3.05, 3.63) is 36.2 Å². The van der Waals surface area contributed by atoms with Crippen molar-refractivity contribution in [1.29, 1.82) is 0 Å². The van der Waals surface area contributed by atoms with Crippen LogP contribution < -0.4 is 5.32 Å². The monoisotopic (exact) mass is 245 g/mol. The maximum Gasteiger partial charge on any atom is 0.247 e. The van der Waals surface area contributed by atoms with E-state index in [-0.39, 0.29) is 0 Å². The zero-order chi connectivity index (χ0) is 12.6. The molecular weight excluding hydrogens is 226 g/mol. The van der Waals surface area contributed by atoms with E-state index in [1.807, 2.05) is 30.3 Å². The highest BCUT2D eigenvalue weighted by Crippen LogP contribution is 2.16. The lowest BCUT2D eigenvalue weighted by molar-refractivity contribution is 0.493. The Morgan fingerprint density at radius 2 is 1.94 bits per heavy atom. The zero-order valence-corrected chi connectivity index (χ0v) is 10.7. The maximum absolute atomic E-state index is 5.61. The molecule has 0 unspecified atom stereocenters. The van der Waals surface area contributed by atoms with E-state index in [0.717, 1.165) is 25.1 Å². The Kier molecular flexibility index (Phi) is 4.90. The van der Waals surface area contributed by atoms with Gasteiger partial charge in [-0.15, -0.1) is 10.2 Å². The number of benzene rings is 1. The lowest BCUT2D eigenvalue weighted by Gasteiger charge is -2.00. The number of nitrogens with zero attached hydrogens (tertiary/aromatic N) is 2. The van der Waals surface area contributed by atoms with Gasteiger partial charge in [0.15, 0.2) is 0 Å². The Bertz CT molecular complexity index is 453. The highest BCUT2D eigenvalue weighted by atomic mass is 16.4. The van der Waals surface area contributed by atoms with Crippen LogP contribution in [0.5, 0.6) is 0 Å². The van der Waals surface area contributed by atoms with Crippen molar-refractivity contribution in [2.45, 2.75) is 26.2 Å². The van der Waals surface area contributed by atoms with Crippen molar-refractivity contribution < 1.29 is 4.42 Å². The van der Waals surface area contributed by atoms with Gasteiger partial charge in [0.25, 0.3) is 0 Å². The smallest absolute Gasteiger partial charge is 0.247 e. The van der Waals surface area contributed by atoms with E-state index in [4.69, 9.17) is 4.42 Å². The van der Waals surface area contributed by atoms with Gasteiger partial charge in [-0.25, -0.2) is 0 Å². The van der Waals surface area contributed by atoms with Crippen LogP contribution in [-0.2, 0) is 6.42 Å². The minimum absolute atomic E-state index is 0.596. The molecule has 4 heteroatoms. The van der Waals surface area contributed by atoms with Crippen molar-refractivity contribution in [3.63, 3.8) is 0 Å². The number of rotatable bonds is 7. The lowest BCUT2D eigenvalue weighted by Crippen LogP contribution is -2.18. The largest absolute Gasteiger partial charge is 0.421 e. The fraction of sp³-hybridized carbons (Fsp3) is 0.429. The zero-order valence-electron chi connectivity index (χ0n) is 10.7. The molecule has 0 fully saturated rings. The van der Waals surface area contributed by atoms with Crippen LogP contribution in [0, 0.1) is 0 Å². The van der Waals surface area contributed by atoms with Crippen LogP contribution in [0.2, 0.25) is 0 Å². The van der Waals surface area contributed by atoms with E-state index < -0.39 is 0 Å². The maximum atomic E-state index is 5.61. The molecule has 2 aromatic rings. The molecule has 1 aromatic carbocycles. The highest BCUT2D eigenvalue weighted by molar-refractivity contribution is 5.51. The number of aromatic nitrogens is 2. The Morgan fingerprint density at radius 1 is 1.11 bits per heavy atom. The molecule has 0 spiro atoms. The summed E-state index contributed by atoms with van der Waals surface area (Å²) in [7, 11) is 0. The molecule has 2 rings (SSSR count). The molecule has 0 saturated heterocycles. The first-order chi connectivity index (χ1) is 8.90. The molecular formula is C14H19N3O. The van der Waals surface area contributed by atoms with Gasteiger partial charge in [-0.2, -0.15) is 0 Å². The molecule has 0 aliphatic heterocycles. The first kappa shape index (κ1) is 12.8. The van der Waals surface area contributed by atoms with E-state index in [0.29, 0.717) is 11.8 Å². The summed E-state index contributed by atoms with van der Waals surface area (Å²) in [6.45, 7) is 4.12. The summed E-state index contributed by atoms with van der Waals surface area (Å²) >= 11 is 0. The van der Waals surface area contributed by atoms with Gasteiger partial charge >= 0.3 is 0 Å². The van der Waals surface area contributed by atoms with E-state index >= 15 is 0 Å². The van der Waals surface area contributed by atoms with Gasteiger partial charge in [0.2, 0.25) is 11.8 Å². The molecule has 96 valence electrons. The Morgan fingerprint density at radius 3 is 2.72 bits per heavy atom. The number of hydrogen-bond acceptors (Lipinski definition) is 4. The van der Waals surface area contributed by atoms with Crippen molar-refractivity contribution in [3.8, 4) is 11.5 Å². The third kappa shape index (κ3) is 3.67. The Hall–Kier alpha value is -1.68. The molecule has 1 N–H and O–H groups in total. The summed E-state index contributed by atoms with van der Waals surface area (Å²) in [5.41, 5.74) is 0.968. The second-order valence-corrected chi connectivity index (χ2v) is 4.22. The number of hydrogen-bond donors (Lipinski definition) is 1. The summed E-state index contributed by atoms with van der Waals surface area (Å²) in [5.74, 6) is 1.29. The van der Waals surface area contributed by atoms with Crippen LogP contribution in [0.4, 0.5) is 0 Å². The minimum atomic E-state index is 0.596.